The molecule has 0 aromatic heterocycles. The van der Waals surface area contributed by atoms with Crippen molar-refractivity contribution in [1.82, 2.24) is 15.5 Å². The molecule has 2 rings (SSSR count). The third-order valence-corrected chi connectivity index (χ3v) is 4.65. The number of rotatable bonds is 7. The molecule has 2 amide bonds. The Labute approximate surface area is 150 Å². The highest BCUT2D eigenvalue weighted by Crippen LogP contribution is 2.13. The standard InChI is InChI=1S/C19H30N4O2/c1-14(2)18(20)19(25)21-12-17(24)22-16-8-10-23(11-9-16)13-15-6-4-3-5-7-15/h3-7,14,16,18H,8-13,20H2,1-2H3,(H,21,25)(H,22,24)/t18-/m0/s1. The zero-order valence-electron chi connectivity index (χ0n) is 15.2. The van der Waals surface area contributed by atoms with Gasteiger partial charge < -0.3 is 16.4 Å². The van der Waals surface area contributed by atoms with E-state index in [-0.39, 0.29) is 30.3 Å². The van der Waals surface area contributed by atoms with Crippen LogP contribution >= 0.6 is 0 Å². The number of piperidine rings is 1. The Kier molecular flexibility index (Phi) is 7.40. The minimum Gasteiger partial charge on any atom is -0.352 e. The van der Waals surface area contributed by atoms with Crippen LogP contribution < -0.4 is 16.4 Å². The highest BCUT2D eigenvalue weighted by atomic mass is 16.2. The molecule has 4 N–H and O–H groups in total. The van der Waals surface area contributed by atoms with Crippen LogP contribution in [-0.2, 0) is 16.1 Å². The lowest BCUT2D eigenvalue weighted by molar-refractivity contribution is -0.127. The SMILES string of the molecule is CC(C)[C@H](N)C(=O)NCC(=O)NC1CCN(Cc2ccccc2)CC1. The van der Waals surface area contributed by atoms with E-state index in [1.165, 1.54) is 5.56 Å². The van der Waals surface area contributed by atoms with Crippen molar-refractivity contribution in [2.45, 2.75) is 45.3 Å². The molecular weight excluding hydrogens is 316 g/mol. The molecule has 1 aromatic carbocycles. The van der Waals surface area contributed by atoms with E-state index >= 15 is 0 Å². The molecule has 1 aromatic rings. The van der Waals surface area contributed by atoms with E-state index in [2.05, 4.69) is 39.8 Å². The van der Waals surface area contributed by atoms with Gasteiger partial charge in [0.15, 0.2) is 0 Å². The van der Waals surface area contributed by atoms with Gasteiger partial charge in [-0.25, -0.2) is 0 Å². The highest BCUT2D eigenvalue weighted by molar-refractivity contribution is 5.87. The second kappa shape index (κ2) is 9.53. The summed E-state index contributed by atoms with van der Waals surface area (Å²) in [6.45, 7) is 6.63. The Balaban J connectivity index is 1.66. The predicted octanol–water partition coefficient (Wildman–Crippen LogP) is 0.867. The highest BCUT2D eigenvalue weighted by Gasteiger charge is 2.22. The summed E-state index contributed by atoms with van der Waals surface area (Å²) < 4.78 is 0. The fourth-order valence-electron chi connectivity index (χ4n) is 2.94. The summed E-state index contributed by atoms with van der Waals surface area (Å²) >= 11 is 0. The van der Waals surface area contributed by atoms with Crippen molar-refractivity contribution in [1.29, 1.82) is 0 Å². The van der Waals surface area contributed by atoms with Gasteiger partial charge in [-0.05, 0) is 24.3 Å². The maximum Gasteiger partial charge on any atom is 0.239 e. The topological polar surface area (TPSA) is 87.5 Å². The number of hydrogen-bond acceptors (Lipinski definition) is 4. The first kappa shape index (κ1) is 19.4. The molecule has 25 heavy (non-hydrogen) atoms. The molecule has 0 saturated carbocycles. The van der Waals surface area contributed by atoms with Crippen LogP contribution in [0.1, 0.15) is 32.3 Å². The minimum atomic E-state index is -0.575. The van der Waals surface area contributed by atoms with Gasteiger partial charge in [0.25, 0.3) is 0 Å². The summed E-state index contributed by atoms with van der Waals surface area (Å²) in [7, 11) is 0. The second-order valence-corrected chi connectivity index (χ2v) is 7.09. The number of nitrogens with one attached hydrogen (secondary N) is 2. The van der Waals surface area contributed by atoms with E-state index in [0.717, 1.165) is 32.5 Å². The smallest absolute Gasteiger partial charge is 0.239 e. The fraction of sp³-hybridized carbons (Fsp3) is 0.579. The average Bonchev–Trinajstić information content (AvgIpc) is 2.61. The predicted molar refractivity (Wildman–Crippen MR) is 98.7 cm³/mol. The Morgan fingerprint density at radius 2 is 1.84 bits per heavy atom. The maximum absolute atomic E-state index is 12.0. The lowest BCUT2D eigenvalue weighted by atomic mass is 10.0. The molecule has 138 valence electrons. The summed E-state index contributed by atoms with van der Waals surface area (Å²) in [6, 6.07) is 10.0. The van der Waals surface area contributed by atoms with Crippen LogP contribution in [0.5, 0.6) is 0 Å². The number of carbonyl (C=O) groups is 2. The largest absolute Gasteiger partial charge is 0.352 e. The lowest BCUT2D eigenvalue weighted by Gasteiger charge is -2.32. The average molecular weight is 346 g/mol. The van der Waals surface area contributed by atoms with E-state index in [1.54, 1.807) is 0 Å². The van der Waals surface area contributed by atoms with Crippen LogP contribution in [-0.4, -0.2) is 48.4 Å². The molecule has 0 radical (unpaired) electrons. The zero-order chi connectivity index (χ0) is 18.2. The Morgan fingerprint density at radius 1 is 1.20 bits per heavy atom. The molecule has 0 unspecified atom stereocenters. The molecule has 1 heterocycles. The van der Waals surface area contributed by atoms with Crippen molar-refractivity contribution < 1.29 is 9.59 Å². The summed E-state index contributed by atoms with van der Waals surface area (Å²) in [6.07, 6.45) is 1.86. The first-order valence-corrected chi connectivity index (χ1v) is 9.04. The fourth-order valence-corrected chi connectivity index (χ4v) is 2.94. The van der Waals surface area contributed by atoms with Crippen molar-refractivity contribution in [3.8, 4) is 0 Å². The summed E-state index contributed by atoms with van der Waals surface area (Å²) in [4.78, 5) is 26.2. The number of amides is 2. The number of likely N-dealkylation sites (tertiary alicyclic amines) is 1. The van der Waals surface area contributed by atoms with E-state index < -0.39 is 6.04 Å². The van der Waals surface area contributed by atoms with Gasteiger partial charge in [0, 0.05) is 25.7 Å². The molecule has 1 aliphatic rings. The first-order valence-electron chi connectivity index (χ1n) is 9.04. The molecule has 1 fully saturated rings. The lowest BCUT2D eigenvalue weighted by Crippen LogP contribution is -2.50. The monoisotopic (exact) mass is 346 g/mol. The van der Waals surface area contributed by atoms with Crippen molar-refractivity contribution in [3.63, 3.8) is 0 Å². The number of nitrogens with two attached hydrogens (primary N) is 1. The molecular formula is C19H30N4O2. The van der Waals surface area contributed by atoms with E-state index in [1.807, 2.05) is 19.9 Å². The van der Waals surface area contributed by atoms with Gasteiger partial charge >= 0.3 is 0 Å². The van der Waals surface area contributed by atoms with Crippen molar-refractivity contribution in [2.75, 3.05) is 19.6 Å². The summed E-state index contributed by atoms with van der Waals surface area (Å²) in [5.41, 5.74) is 7.07. The molecule has 1 aliphatic heterocycles. The van der Waals surface area contributed by atoms with Crippen molar-refractivity contribution in [2.24, 2.45) is 11.7 Å². The van der Waals surface area contributed by atoms with E-state index in [4.69, 9.17) is 5.73 Å². The Bertz CT molecular complexity index is 554. The third-order valence-electron chi connectivity index (χ3n) is 4.65. The minimum absolute atomic E-state index is 0.0104. The van der Waals surface area contributed by atoms with Gasteiger partial charge in [-0.1, -0.05) is 44.2 Å². The maximum atomic E-state index is 12.0. The van der Waals surface area contributed by atoms with Crippen LogP contribution in [0.15, 0.2) is 30.3 Å². The number of benzene rings is 1. The van der Waals surface area contributed by atoms with Crippen LogP contribution in [0.4, 0.5) is 0 Å². The molecule has 1 saturated heterocycles. The molecule has 1 atom stereocenters. The Hall–Kier alpha value is -1.92. The quantitative estimate of drug-likeness (QED) is 0.684. The summed E-state index contributed by atoms with van der Waals surface area (Å²) in [5.74, 6) is -0.370. The second-order valence-electron chi connectivity index (χ2n) is 7.09. The number of nitrogens with zero attached hydrogens (tertiary/aromatic N) is 1. The molecule has 0 aliphatic carbocycles. The Morgan fingerprint density at radius 3 is 2.44 bits per heavy atom. The third kappa shape index (κ3) is 6.48. The molecule has 6 heteroatoms. The van der Waals surface area contributed by atoms with Crippen molar-refractivity contribution >= 4 is 11.8 Å². The van der Waals surface area contributed by atoms with Gasteiger partial charge in [0.1, 0.15) is 0 Å². The van der Waals surface area contributed by atoms with Crippen molar-refractivity contribution in [3.05, 3.63) is 35.9 Å². The number of hydrogen-bond donors (Lipinski definition) is 3. The zero-order valence-corrected chi connectivity index (χ0v) is 15.2. The van der Waals surface area contributed by atoms with Crippen LogP contribution in [0, 0.1) is 5.92 Å². The van der Waals surface area contributed by atoms with Gasteiger partial charge in [0.05, 0.1) is 12.6 Å². The van der Waals surface area contributed by atoms with Crippen LogP contribution in [0.3, 0.4) is 0 Å². The van der Waals surface area contributed by atoms with Crippen LogP contribution in [0.25, 0.3) is 0 Å². The van der Waals surface area contributed by atoms with Crippen LogP contribution in [0.2, 0.25) is 0 Å². The normalized spacial score (nSPS) is 17.3. The summed E-state index contributed by atoms with van der Waals surface area (Å²) in [5, 5.41) is 5.61. The van der Waals surface area contributed by atoms with Gasteiger partial charge in [-0.15, -0.1) is 0 Å². The van der Waals surface area contributed by atoms with E-state index in [9.17, 15) is 9.59 Å². The van der Waals surface area contributed by atoms with Gasteiger partial charge in [-0.2, -0.15) is 0 Å². The molecule has 0 spiro atoms. The molecule has 0 bridgehead atoms. The molecule has 6 nitrogen and oxygen atoms in total. The van der Waals surface area contributed by atoms with Gasteiger partial charge in [0.2, 0.25) is 11.8 Å². The van der Waals surface area contributed by atoms with E-state index in [0.29, 0.717) is 0 Å². The first-order chi connectivity index (χ1) is 12.0. The van der Waals surface area contributed by atoms with Gasteiger partial charge in [-0.3, -0.25) is 14.5 Å². The number of carbonyl (C=O) groups excluding carboxylic acids is 2.